The van der Waals surface area contributed by atoms with Gasteiger partial charge in [0, 0.05) is 26.2 Å². The van der Waals surface area contributed by atoms with Crippen molar-refractivity contribution in [3.05, 3.63) is 59.9 Å². The van der Waals surface area contributed by atoms with Crippen molar-refractivity contribution in [3.63, 3.8) is 0 Å². The summed E-state index contributed by atoms with van der Waals surface area (Å²) in [7, 11) is 0. The summed E-state index contributed by atoms with van der Waals surface area (Å²) in [5.74, 6) is -0.294. The van der Waals surface area contributed by atoms with Gasteiger partial charge in [-0.25, -0.2) is 9.37 Å². The van der Waals surface area contributed by atoms with E-state index in [4.69, 9.17) is 4.74 Å². The fourth-order valence-corrected chi connectivity index (χ4v) is 4.29. The van der Waals surface area contributed by atoms with Crippen molar-refractivity contribution in [1.29, 1.82) is 0 Å². The van der Waals surface area contributed by atoms with Gasteiger partial charge < -0.3 is 4.74 Å². The molecule has 0 N–H and O–H groups in total. The molecular weight excluding hydrogens is 377 g/mol. The van der Waals surface area contributed by atoms with Gasteiger partial charge in [0.15, 0.2) is 5.13 Å². The number of thiazole rings is 1. The van der Waals surface area contributed by atoms with Gasteiger partial charge in [-0.1, -0.05) is 41.7 Å². The third kappa shape index (κ3) is 4.55. The zero-order valence-electron chi connectivity index (χ0n) is 15.5. The summed E-state index contributed by atoms with van der Waals surface area (Å²) in [5, 5.41) is 0.620. The summed E-state index contributed by atoms with van der Waals surface area (Å²) in [6.07, 6.45) is 0.314. The van der Waals surface area contributed by atoms with Gasteiger partial charge in [-0.15, -0.1) is 0 Å². The summed E-state index contributed by atoms with van der Waals surface area (Å²) < 4.78 is 19.7. The molecule has 4 rings (SSSR count). The highest BCUT2D eigenvalue weighted by molar-refractivity contribution is 7.22. The number of anilines is 1. The number of benzene rings is 2. The van der Waals surface area contributed by atoms with E-state index in [9.17, 15) is 9.18 Å². The van der Waals surface area contributed by atoms with Gasteiger partial charge in [0.1, 0.15) is 5.82 Å². The molecule has 1 aliphatic heterocycles. The largest absolute Gasteiger partial charge is 0.379 e. The van der Waals surface area contributed by atoms with Crippen LogP contribution in [0.15, 0.2) is 48.5 Å². The number of hydrogen-bond acceptors (Lipinski definition) is 5. The highest BCUT2D eigenvalue weighted by atomic mass is 32.1. The second kappa shape index (κ2) is 8.77. The first-order valence-electron chi connectivity index (χ1n) is 9.39. The number of hydrogen-bond donors (Lipinski definition) is 0. The van der Waals surface area contributed by atoms with E-state index in [0.29, 0.717) is 23.6 Å². The van der Waals surface area contributed by atoms with E-state index in [2.05, 4.69) is 9.88 Å². The Balaban J connectivity index is 1.56. The molecule has 0 atom stereocenters. The van der Waals surface area contributed by atoms with Crippen molar-refractivity contribution in [2.75, 3.05) is 44.3 Å². The van der Waals surface area contributed by atoms with Crippen molar-refractivity contribution in [1.82, 2.24) is 9.88 Å². The Hall–Kier alpha value is -2.35. The summed E-state index contributed by atoms with van der Waals surface area (Å²) in [4.78, 5) is 21.7. The molecule has 1 fully saturated rings. The maximum Gasteiger partial charge on any atom is 0.233 e. The first kappa shape index (κ1) is 19.0. The Morgan fingerprint density at radius 1 is 1.18 bits per heavy atom. The Kier molecular flexibility index (Phi) is 5.95. The Labute approximate surface area is 167 Å². The lowest BCUT2D eigenvalue weighted by Crippen LogP contribution is -2.43. The van der Waals surface area contributed by atoms with Crippen LogP contribution in [-0.4, -0.2) is 55.2 Å². The topological polar surface area (TPSA) is 45.7 Å². The number of carbonyl (C=O) groups is 1. The molecular formula is C21H22FN3O2S. The average molecular weight is 399 g/mol. The first-order chi connectivity index (χ1) is 13.7. The highest BCUT2D eigenvalue weighted by Gasteiger charge is 2.22. The molecule has 1 amide bonds. The third-order valence-corrected chi connectivity index (χ3v) is 5.85. The maximum absolute atomic E-state index is 13.6. The number of amides is 1. The van der Waals surface area contributed by atoms with Gasteiger partial charge in [-0.2, -0.15) is 0 Å². The van der Waals surface area contributed by atoms with Crippen molar-refractivity contribution in [2.24, 2.45) is 0 Å². The second-order valence-corrected chi connectivity index (χ2v) is 7.78. The van der Waals surface area contributed by atoms with Gasteiger partial charge in [-0.05, 0) is 23.8 Å². The van der Waals surface area contributed by atoms with E-state index in [1.807, 2.05) is 30.3 Å². The number of fused-ring (bicyclic) bond motifs is 1. The van der Waals surface area contributed by atoms with Gasteiger partial charge in [-0.3, -0.25) is 14.6 Å². The zero-order valence-corrected chi connectivity index (χ0v) is 16.3. The number of aromatic nitrogens is 1. The molecule has 28 heavy (non-hydrogen) atoms. The standard InChI is InChI=1S/C21H22FN3O2S/c22-17-6-7-18-19(15-17)28-21(23-18)25(9-8-24-10-12-27-13-11-24)20(26)14-16-4-2-1-3-5-16/h1-7,15H,8-14H2. The minimum Gasteiger partial charge on any atom is -0.379 e. The lowest BCUT2D eigenvalue weighted by molar-refractivity contribution is -0.118. The average Bonchev–Trinajstić information content (AvgIpc) is 3.12. The number of rotatable bonds is 6. The Morgan fingerprint density at radius 3 is 2.75 bits per heavy atom. The van der Waals surface area contributed by atoms with Crippen LogP contribution in [0.2, 0.25) is 0 Å². The minimum atomic E-state index is -0.293. The summed E-state index contributed by atoms with van der Waals surface area (Å²) in [6, 6.07) is 14.2. The minimum absolute atomic E-state index is 0.000938. The van der Waals surface area contributed by atoms with Crippen LogP contribution in [0, 0.1) is 5.82 Å². The van der Waals surface area contributed by atoms with E-state index in [0.717, 1.165) is 43.1 Å². The van der Waals surface area contributed by atoms with Crippen LogP contribution in [0.5, 0.6) is 0 Å². The molecule has 0 saturated carbocycles. The number of carbonyl (C=O) groups excluding carboxylic acids is 1. The second-order valence-electron chi connectivity index (χ2n) is 6.77. The third-order valence-electron chi connectivity index (χ3n) is 4.81. The molecule has 146 valence electrons. The van der Waals surface area contributed by atoms with Crippen LogP contribution >= 0.6 is 11.3 Å². The zero-order chi connectivity index (χ0) is 19.3. The predicted molar refractivity (Wildman–Crippen MR) is 109 cm³/mol. The van der Waals surface area contributed by atoms with Crippen molar-refractivity contribution in [2.45, 2.75) is 6.42 Å². The normalized spacial score (nSPS) is 15.0. The number of ether oxygens (including phenoxy) is 1. The van der Waals surface area contributed by atoms with Crippen LogP contribution in [0.25, 0.3) is 10.2 Å². The van der Waals surface area contributed by atoms with E-state index in [1.165, 1.54) is 23.5 Å². The molecule has 2 aromatic carbocycles. The SMILES string of the molecule is O=C(Cc1ccccc1)N(CCN1CCOCC1)c1nc2ccc(F)cc2s1. The quantitative estimate of drug-likeness (QED) is 0.638. The monoisotopic (exact) mass is 399 g/mol. The van der Waals surface area contributed by atoms with E-state index in [-0.39, 0.29) is 11.7 Å². The number of morpholine rings is 1. The lowest BCUT2D eigenvalue weighted by Gasteiger charge is -2.29. The fourth-order valence-electron chi connectivity index (χ4n) is 3.26. The van der Waals surface area contributed by atoms with E-state index < -0.39 is 0 Å². The first-order valence-corrected chi connectivity index (χ1v) is 10.2. The summed E-state index contributed by atoms with van der Waals surface area (Å²) >= 11 is 1.36. The van der Waals surface area contributed by atoms with Crippen molar-refractivity contribution < 1.29 is 13.9 Å². The fraction of sp³-hybridized carbons (Fsp3) is 0.333. The molecule has 1 aliphatic rings. The molecule has 7 heteroatoms. The van der Waals surface area contributed by atoms with Crippen molar-refractivity contribution in [3.8, 4) is 0 Å². The maximum atomic E-state index is 13.6. The molecule has 0 aliphatic carbocycles. The molecule has 3 aromatic rings. The highest BCUT2D eigenvalue weighted by Crippen LogP contribution is 2.29. The van der Waals surface area contributed by atoms with Crippen LogP contribution in [0.4, 0.5) is 9.52 Å². The molecule has 0 unspecified atom stereocenters. The predicted octanol–water partition coefficient (Wildman–Crippen LogP) is 3.34. The molecule has 5 nitrogen and oxygen atoms in total. The number of nitrogens with zero attached hydrogens (tertiary/aromatic N) is 3. The lowest BCUT2D eigenvalue weighted by atomic mass is 10.1. The van der Waals surface area contributed by atoms with Gasteiger partial charge in [0.2, 0.25) is 5.91 Å². The molecule has 0 radical (unpaired) electrons. The Bertz CT molecular complexity index is 941. The Morgan fingerprint density at radius 2 is 1.96 bits per heavy atom. The smallest absolute Gasteiger partial charge is 0.233 e. The van der Waals surface area contributed by atoms with Crippen LogP contribution in [0.1, 0.15) is 5.56 Å². The summed E-state index contributed by atoms with van der Waals surface area (Å²) in [6.45, 7) is 4.48. The van der Waals surface area contributed by atoms with Crippen LogP contribution in [0.3, 0.4) is 0 Å². The van der Waals surface area contributed by atoms with E-state index in [1.54, 1.807) is 11.0 Å². The van der Waals surface area contributed by atoms with Gasteiger partial charge >= 0.3 is 0 Å². The molecule has 2 heterocycles. The van der Waals surface area contributed by atoms with Crippen molar-refractivity contribution >= 4 is 32.6 Å². The molecule has 0 spiro atoms. The van der Waals surface area contributed by atoms with Crippen LogP contribution in [-0.2, 0) is 16.0 Å². The molecule has 1 aromatic heterocycles. The number of halogens is 1. The van der Waals surface area contributed by atoms with E-state index >= 15 is 0 Å². The van der Waals surface area contributed by atoms with Gasteiger partial charge in [0.25, 0.3) is 0 Å². The van der Waals surface area contributed by atoms with Gasteiger partial charge in [0.05, 0.1) is 29.9 Å². The molecule has 0 bridgehead atoms. The summed E-state index contributed by atoms with van der Waals surface area (Å²) in [5.41, 5.74) is 1.68. The van der Waals surface area contributed by atoms with Crippen LogP contribution < -0.4 is 4.90 Å². The molecule has 1 saturated heterocycles.